The van der Waals surface area contributed by atoms with Crippen LogP contribution in [0.2, 0.25) is 0 Å². The molecule has 0 aliphatic carbocycles. The summed E-state index contributed by atoms with van der Waals surface area (Å²) in [6.07, 6.45) is 1.12. The van der Waals surface area contributed by atoms with Crippen LogP contribution in [0.4, 0.5) is 23.9 Å². The molecule has 2 amide bonds. The van der Waals surface area contributed by atoms with E-state index in [1.165, 1.54) is 55.9 Å². The largest absolute Gasteiger partial charge is 0.478 e. The zero-order chi connectivity index (χ0) is 37.0. The van der Waals surface area contributed by atoms with Crippen molar-refractivity contribution in [2.24, 2.45) is 0 Å². The number of benzene rings is 2. The van der Waals surface area contributed by atoms with Crippen molar-refractivity contribution in [3.63, 3.8) is 0 Å². The third-order valence-electron chi connectivity index (χ3n) is 7.88. The van der Waals surface area contributed by atoms with Crippen LogP contribution in [-0.2, 0) is 9.53 Å². The fourth-order valence-corrected chi connectivity index (χ4v) is 5.95. The molecule has 2 aromatic heterocycles. The van der Waals surface area contributed by atoms with Gasteiger partial charge < -0.3 is 34.3 Å². The summed E-state index contributed by atoms with van der Waals surface area (Å²) < 4.78 is 79.6. The van der Waals surface area contributed by atoms with Crippen LogP contribution >= 0.6 is 0 Å². The number of carboxylic acid groups (broad SMARTS) is 1. The van der Waals surface area contributed by atoms with Gasteiger partial charge in [-0.1, -0.05) is 6.07 Å². The van der Waals surface area contributed by atoms with Gasteiger partial charge in [-0.05, 0) is 39.0 Å². The molecule has 0 spiro atoms. The minimum atomic E-state index is -3.35. The lowest BCUT2D eigenvalue weighted by atomic mass is 9.95. The Kier molecular flexibility index (Phi) is 7.39. The highest BCUT2D eigenvalue weighted by molar-refractivity contribution is 5.91. The second-order valence-corrected chi connectivity index (χ2v) is 12.2. The number of halogens is 3. The first-order valence-corrected chi connectivity index (χ1v) is 14.8. The maximum absolute atomic E-state index is 15.8. The van der Waals surface area contributed by atoms with Gasteiger partial charge in [0.2, 0.25) is 11.9 Å². The fourth-order valence-electron chi connectivity index (χ4n) is 5.95. The van der Waals surface area contributed by atoms with Gasteiger partial charge in [0.15, 0.2) is 0 Å². The highest BCUT2D eigenvalue weighted by atomic mass is 19.3. The molecule has 6 rings (SSSR count). The summed E-state index contributed by atoms with van der Waals surface area (Å²) in [7, 11) is 0. The van der Waals surface area contributed by atoms with Crippen molar-refractivity contribution in [1.29, 1.82) is 0 Å². The number of imidazole rings is 1. The number of rotatable bonds is 7. The van der Waals surface area contributed by atoms with Crippen molar-refractivity contribution in [3.05, 3.63) is 65.5 Å². The van der Waals surface area contributed by atoms with Crippen molar-refractivity contribution in [2.45, 2.75) is 51.5 Å². The quantitative estimate of drug-likeness (QED) is 0.281. The average Bonchev–Trinajstić information content (AvgIpc) is 3.55. The van der Waals surface area contributed by atoms with E-state index in [1.54, 1.807) is 4.90 Å². The molecular formula is C32H32F3N7O6. The van der Waals surface area contributed by atoms with Crippen LogP contribution in [0.3, 0.4) is 0 Å². The Hall–Kier alpha value is -5.41. The normalized spacial score (nSPS) is 18.9. The highest BCUT2D eigenvalue weighted by Gasteiger charge is 2.42. The van der Waals surface area contributed by atoms with Crippen LogP contribution in [0.1, 0.15) is 65.1 Å². The lowest BCUT2D eigenvalue weighted by Gasteiger charge is -2.28. The van der Waals surface area contributed by atoms with E-state index in [1.807, 2.05) is 0 Å². The van der Waals surface area contributed by atoms with E-state index in [-0.39, 0.29) is 58.4 Å². The number of ether oxygens (including phenoxy) is 2. The Morgan fingerprint density at radius 3 is 2.60 bits per heavy atom. The van der Waals surface area contributed by atoms with Crippen molar-refractivity contribution >= 4 is 35.0 Å². The van der Waals surface area contributed by atoms with Crippen molar-refractivity contribution < 1.29 is 46.2 Å². The number of aromatic nitrogens is 4. The lowest BCUT2D eigenvalue weighted by molar-refractivity contribution is -0.120. The number of fused-ring (bicyclic) bond motifs is 3. The number of anilines is 1. The Morgan fingerprint density at radius 2 is 1.96 bits per heavy atom. The summed E-state index contributed by atoms with van der Waals surface area (Å²) in [5.74, 6) is -2.82. The van der Waals surface area contributed by atoms with Gasteiger partial charge in [0, 0.05) is 65.7 Å². The first-order chi connectivity index (χ1) is 23.9. The smallest absolute Gasteiger partial charge is 0.410 e. The second kappa shape index (κ2) is 12.3. The predicted octanol–water partition coefficient (Wildman–Crippen LogP) is 4.77. The number of carbonyl (C=O) groups excluding carboxylic acids is 2. The number of hydrogen-bond acceptors (Lipinski definition) is 9. The van der Waals surface area contributed by atoms with Gasteiger partial charge in [0.05, 0.1) is 35.2 Å². The molecule has 2 N–H and O–H groups in total. The molecule has 0 saturated carbocycles. The average molecular weight is 671 g/mol. The Labute approximate surface area is 276 Å². The van der Waals surface area contributed by atoms with E-state index in [9.17, 15) is 28.3 Å². The predicted molar refractivity (Wildman–Crippen MR) is 165 cm³/mol. The van der Waals surface area contributed by atoms with E-state index in [4.69, 9.17) is 13.6 Å². The van der Waals surface area contributed by atoms with Crippen molar-refractivity contribution in [3.8, 4) is 16.9 Å². The molecule has 16 heteroatoms. The molecule has 48 heavy (non-hydrogen) atoms. The summed E-state index contributed by atoms with van der Waals surface area (Å²) in [5, 5.41) is 12.8. The molecule has 2 atom stereocenters. The summed E-state index contributed by atoms with van der Waals surface area (Å²) in [5.41, 5.74) is -1.45. The number of nitrogens with one attached hydrogen (secondary N) is 1. The SMILES string of the molecule is [2H]C([2H])([2H])N(C(=O)OC(C)(C)C)[C@@H]1C[C@H](c2c(OC(F)F)cccc2C(=O)O)n2c1nc1cc(F)c(-c3cnc(N4CCNC(=O)C4)nc3)cc12. The van der Waals surface area contributed by atoms with Crippen LogP contribution in [0.15, 0.2) is 42.7 Å². The third kappa shape index (κ3) is 6.16. The maximum Gasteiger partial charge on any atom is 0.410 e. The number of piperazine rings is 1. The summed E-state index contributed by atoms with van der Waals surface area (Å²) in [6, 6.07) is 3.28. The molecule has 0 radical (unpaired) electrons. The number of carboxylic acids is 1. The van der Waals surface area contributed by atoms with E-state index in [0.717, 1.165) is 12.1 Å². The van der Waals surface area contributed by atoms with Crippen LogP contribution in [0, 0.1) is 5.82 Å². The number of amides is 2. The molecule has 2 aliphatic heterocycles. The van der Waals surface area contributed by atoms with Crippen LogP contribution < -0.4 is 15.0 Å². The van der Waals surface area contributed by atoms with Gasteiger partial charge in [0.1, 0.15) is 23.0 Å². The monoisotopic (exact) mass is 670 g/mol. The highest BCUT2D eigenvalue weighted by Crippen LogP contribution is 2.48. The van der Waals surface area contributed by atoms with E-state index in [0.29, 0.717) is 18.0 Å². The zero-order valence-electron chi connectivity index (χ0n) is 28.9. The lowest BCUT2D eigenvalue weighted by Crippen LogP contribution is -2.48. The first-order valence-electron chi connectivity index (χ1n) is 16.3. The van der Waals surface area contributed by atoms with Crippen LogP contribution in [-0.4, -0.2) is 86.3 Å². The molecule has 252 valence electrons. The molecule has 1 saturated heterocycles. The van der Waals surface area contributed by atoms with E-state index < -0.39 is 60.5 Å². The Balaban J connectivity index is 1.55. The first kappa shape index (κ1) is 28.8. The number of hydrogen-bond donors (Lipinski definition) is 2. The number of alkyl halides is 2. The van der Waals surface area contributed by atoms with Crippen LogP contribution in [0.25, 0.3) is 22.2 Å². The molecule has 13 nitrogen and oxygen atoms in total. The van der Waals surface area contributed by atoms with Crippen LogP contribution in [0.5, 0.6) is 5.75 Å². The molecule has 4 heterocycles. The second-order valence-electron chi connectivity index (χ2n) is 12.2. The zero-order valence-corrected chi connectivity index (χ0v) is 25.9. The van der Waals surface area contributed by atoms with Gasteiger partial charge in [-0.3, -0.25) is 4.79 Å². The van der Waals surface area contributed by atoms with Gasteiger partial charge in [0.25, 0.3) is 0 Å². The molecule has 0 unspecified atom stereocenters. The molecule has 2 aliphatic rings. The van der Waals surface area contributed by atoms with Crippen molar-refractivity contribution in [1.82, 2.24) is 29.7 Å². The summed E-state index contributed by atoms with van der Waals surface area (Å²) in [4.78, 5) is 53.1. The van der Waals surface area contributed by atoms with Gasteiger partial charge >= 0.3 is 18.7 Å². The topological polar surface area (TPSA) is 152 Å². The van der Waals surface area contributed by atoms with E-state index >= 15 is 4.39 Å². The summed E-state index contributed by atoms with van der Waals surface area (Å²) >= 11 is 0. The molecule has 0 bridgehead atoms. The minimum Gasteiger partial charge on any atom is -0.478 e. The number of nitrogens with zero attached hydrogens (tertiary/aromatic N) is 6. The summed E-state index contributed by atoms with van der Waals surface area (Å²) in [6.45, 7) is -0.969. The molecule has 4 aromatic rings. The van der Waals surface area contributed by atoms with Gasteiger partial charge in [-0.15, -0.1) is 0 Å². The van der Waals surface area contributed by atoms with Crippen molar-refractivity contribution in [2.75, 3.05) is 31.5 Å². The number of carbonyl (C=O) groups is 3. The molecule has 1 fully saturated rings. The van der Waals surface area contributed by atoms with Gasteiger partial charge in [-0.25, -0.2) is 28.9 Å². The fraction of sp³-hybridized carbons (Fsp3) is 0.375. The number of aromatic carboxylic acids is 1. The minimum absolute atomic E-state index is 0.00312. The van der Waals surface area contributed by atoms with Gasteiger partial charge in [-0.2, -0.15) is 8.78 Å². The third-order valence-corrected chi connectivity index (χ3v) is 7.88. The Morgan fingerprint density at radius 1 is 1.21 bits per heavy atom. The molecular weight excluding hydrogens is 635 g/mol. The molecule has 2 aromatic carbocycles. The standard InChI is InChI=1S/C32H32F3N7O6/c1-32(2,3)48-31(46)40(4)23-12-22(26-17(28(44)45)6-5-7-24(26)47-29(34)35)42-21-10-18(19(33)11-20(21)39-27(23)42)16-13-37-30(38-14-16)41-9-8-36-25(43)15-41/h5-7,10-11,13-14,22-23,29H,8-9,12,15H2,1-4H3,(H,36,43)(H,44,45)/t22-,23-/m1/s1/i4D3. The Bertz CT molecular complexity index is 2020. The van der Waals surface area contributed by atoms with E-state index in [2.05, 4.69) is 20.3 Å². The maximum atomic E-state index is 15.8.